The summed E-state index contributed by atoms with van der Waals surface area (Å²) >= 11 is 0. The number of hydrogen-bond acceptors (Lipinski definition) is 12. The van der Waals surface area contributed by atoms with Gasteiger partial charge >= 0.3 is 0 Å². The summed E-state index contributed by atoms with van der Waals surface area (Å²) in [7, 11) is 0. The molecular weight excluding hydrogens is 917 g/mol. The molecule has 0 unspecified atom stereocenters. The van der Waals surface area contributed by atoms with Crippen LogP contribution in [0.5, 0.6) is 0 Å². The van der Waals surface area contributed by atoms with Crippen molar-refractivity contribution in [3.8, 4) is 0 Å². The van der Waals surface area contributed by atoms with E-state index in [9.17, 15) is 53.4 Å². The van der Waals surface area contributed by atoms with Crippen LogP contribution in [0.25, 0.3) is 0 Å². The number of aliphatic hydroxyl groups is 2. The summed E-state index contributed by atoms with van der Waals surface area (Å²) in [6, 6.07) is -5.82. The van der Waals surface area contributed by atoms with Crippen LogP contribution < -0.4 is 43.4 Å². The van der Waals surface area contributed by atoms with Crippen molar-refractivity contribution in [3.63, 3.8) is 0 Å². The van der Waals surface area contributed by atoms with Gasteiger partial charge in [-0.2, -0.15) is 0 Å². The molecule has 0 aromatic heterocycles. The van der Waals surface area contributed by atoms with Gasteiger partial charge in [0, 0.05) is 45.3 Å². The lowest BCUT2D eigenvalue weighted by Gasteiger charge is -2.34. The fourth-order valence-electron chi connectivity index (χ4n) is 8.77. The first-order valence-corrected chi connectivity index (χ1v) is 26.0. The van der Waals surface area contributed by atoms with Gasteiger partial charge in [-0.05, 0) is 78.2 Å². The zero-order chi connectivity index (χ0) is 53.6. The third-order valence-electron chi connectivity index (χ3n) is 13.1. The number of carbonyl (C=O) groups excluding carboxylic acids is 9. The number of amides is 9. The number of nitrogens with one attached hydrogen (secondary N) is 6. The number of aliphatic hydroxyl groups excluding tert-OH is 2. The Bertz CT molecular complexity index is 1790. The monoisotopic (exact) mass is 1010 g/mol. The number of nitrogens with two attached hydrogens (primary N) is 2. The Kier molecular flexibility index (Phi) is 26.5. The molecule has 9 amide bonds. The van der Waals surface area contributed by atoms with Crippen LogP contribution in [0, 0.1) is 11.8 Å². The van der Waals surface area contributed by atoms with Crippen LogP contribution in [-0.2, 0) is 43.2 Å². The van der Waals surface area contributed by atoms with Gasteiger partial charge < -0.3 is 63.4 Å². The Morgan fingerprint density at radius 1 is 0.634 bits per heavy atom. The topological polar surface area (TPSA) is 325 Å². The minimum Gasteiger partial charge on any atom is -0.391 e. The Balaban J connectivity index is 2.16. The molecule has 0 bridgehead atoms. The predicted octanol–water partition coefficient (Wildman–Crippen LogP) is 0.898. The molecule has 7 atom stereocenters. The lowest BCUT2D eigenvalue weighted by Crippen LogP contribution is -2.65. The third kappa shape index (κ3) is 21.0. The van der Waals surface area contributed by atoms with Crippen molar-refractivity contribution < 1.29 is 53.4 Å². The predicted molar refractivity (Wildman–Crippen MR) is 268 cm³/mol. The number of hydrogen-bond donors (Lipinski definition) is 10. The molecule has 0 spiro atoms. The molecule has 12 N–H and O–H groups in total. The quantitative estimate of drug-likeness (QED) is 0.0421. The Morgan fingerprint density at radius 3 is 1.72 bits per heavy atom. The van der Waals surface area contributed by atoms with Gasteiger partial charge in [-0.3, -0.25) is 43.2 Å². The molecule has 0 aliphatic carbocycles. The first kappa shape index (κ1) is 62.2. The highest BCUT2D eigenvalue weighted by Crippen LogP contribution is 2.27. The Hall–Kier alpha value is -4.89. The molecule has 21 nitrogen and oxygen atoms in total. The van der Waals surface area contributed by atoms with Gasteiger partial charge in [-0.15, -0.1) is 0 Å². The SMILES string of the molecule is CCCCCCCCCC(=O)N1C[C@@H](O)C[C@H]1C(=O)N1C[C@@H](O)C[C@H]1C(=O)N[C@H](C(=O)NC(C)(C)C(=O)N[C@@H](CCC(N)=O)C(=O)NC(C)(C)C(=O)N[C@@H](CC(C)C)C(=O)NCCCCCCN)C(C)C. The zero-order valence-electron chi connectivity index (χ0n) is 44.2. The van der Waals surface area contributed by atoms with E-state index >= 15 is 0 Å². The van der Waals surface area contributed by atoms with Gasteiger partial charge in [0.05, 0.1) is 12.2 Å². The summed E-state index contributed by atoms with van der Waals surface area (Å²) in [5.74, 6) is -6.42. The fourth-order valence-corrected chi connectivity index (χ4v) is 8.77. The van der Waals surface area contributed by atoms with Crippen molar-refractivity contribution in [1.82, 2.24) is 41.7 Å². The van der Waals surface area contributed by atoms with E-state index in [1.165, 1.54) is 43.9 Å². The molecule has 0 radical (unpaired) electrons. The van der Waals surface area contributed by atoms with Crippen molar-refractivity contribution in [2.75, 3.05) is 26.2 Å². The molecule has 0 saturated carbocycles. The smallest absolute Gasteiger partial charge is 0.246 e. The largest absolute Gasteiger partial charge is 0.391 e. The lowest BCUT2D eigenvalue weighted by atomic mass is 9.97. The summed E-state index contributed by atoms with van der Waals surface area (Å²) in [5.41, 5.74) is 7.62. The average molecular weight is 1010 g/mol. The summed E-state index contributed by atoms with van der Waals surface area (Å²) < 4.78 is 0. The third-order valence-corrected chi connectivity index (χ3v) is 13.1. The number of rotatable bonds is 32. The maximum absolute atomic E-state index is 14.1. The van der Waals surface area contributed by atoms with Crippen LogP contribution in [0.1, 0.15) is 171 Å². The average Bonchev–Trinajstić information content (AvgIpc) is 3.88. The van der Waals surface area contributed by atoms with E-state index in [1.54, 1.807) is 13.8 Å². The van der Waals surface area contributed by atoms with Crippen molar-refractivity contribution in [3.05, 3.63) is 0 Å². The summed E-state index contributed by atoms with van der Waals surface area (Å²) in [4.78, 5) is 124. The molecule has 2 aliphatic rings. The first-order chi connectivity index (χ1) is 33.3. The molecule has 21 heteroatoms. The highest BCUT2D eigenvalue weighted by molar-refractivity contribution is 5.99. The number of β-amino-alcohol motifs (C(OH)–C–C–N with tert-alkyl or cyclic N) is 2. The second-order valence-corrected chi connectivity index (χ2v) is 21.4. The van der Waals surface area contributed by atoms with E-state index in [-0.39, 0.29) is 62.9 Å². The van der Waals surface area contributed by atoms with Crippen LogP contribution >= 0.6 is 0 Å². The fraction of sp³-hybridized carbons (Fsp3) is 0.820. The molecule has 2 heterocycles. The van der Waals surface area contributed by atoms with E-state index < -0.39 is 101 Å². The van der Waals surface area contributed by atoms with Crippen LogP contribution in [-0.4, -0.2) is 153 Å². The van der Waals surface area contributed by atoms with Crippen LogP contribution in [0.4, 0.5) is 0 Å². The van der Waals surface area contributed by atoms with E-state index in [4.69, 9.17) is 11.5 Å². The highest BCUT2D eigenvalue weighted by atomic mass is 16.3. The van der Waals surface area contributed by atoms with E-state index in [0.717, 1.165) is 57.8 Å². The Morgan fingerprint density at radius 2 is 1.15 bits per heavy atom. The Labute approximate surface area is 421 Å². The van der Waals surface area contributed by atoms with Gasteiger partial charge in [-0.1, -0.05) is 86.0 Å². The molecule has 2 aliphatic heterocycles. The zero-order valence-corrected chi connectivity index (χ0v) is 44.2. The summed E-state index contributed by atoms with van der Waals surface area (Å²) in [6.07, 6.45) is 8.27. The molecule has 406 valence electrons. The maximum Gasteiger partial charge on any atom is 0.246 e. The first-order valence-electron chi connectivity index (χ1n) is 26.0. The number of carbonyl (C=O) groups is 9. The van der Waals surface area contributed by atoms with Gasteiger partial charge in [0.25, 0.3) is 0 Å². The number of unbranched alkanes of at least 4 members (excludes halogenated alkanes) is 9. The van der Waals surface area contributed by atoms with Crippen LogP contribution in [0.3, 0.4) is 0 Å². The van der Waals surface area contributed by atoms with E-state index in [2.05, 4.69) is 38.8 Å². The molecular formula is C50H90N10O11. The number of likely N-dealkylation sites (tertiary alicyclic amines) is 2. The van der Waals surface area contributed by atoms with Crippen molar-refractivity contribution in [1.29, 1.82) is 0 Å². The summed E-state index contributed by atoms with van der Waals surface area (Å²) in [5, 5.41) is 37.4. The molecule has 0 aromatic rings. The molecule has 71 heavy (non-hydrogen) atoms. The van der Waals surface area contributed by atoms with Gasteiger partial charge in [-0.25, -0.2) is 0 Å². The van der Waals surface area contributed by atoms with E-state index in [0.29, 0.717) is 25.9 Å². The van der Waals surface area contributed by atoms with Gasteiger partial charge in [0.2, 0.25) is 53.2 Å². The lowest BCUT2D eigenvalue weighted by molar-refractivity contribution is -0.147. The maximum atomic E-state index is 14.1. The molecule has 2 fully saturated rings. The van der Waals surface area contributed by atoms with Crippen LogP contribution in [0.15, 0.2) is 0 Å². The van der Waals surface area contributed by atoms with Crippen molar-refractivity contribution >= 4 is 53.2 Å². The van der Waals surface area contributed by atoms with Gasteiger partial charge in [0.15, 0.2) is 0 Å². The highest BCUT2D eigenvalue weighted by Gasteiger charge is 2.47. The van der Waals surface area contributed by atoms with Gasteiger partial charge in [0.1, 0.15) is 41.3 Å². The standard InChI is InChI=1S/C50H90N10O11/c1-10-11-12-13-14-15-18-21-40(64)59-29-34(62)28-38(59)46(69)60-30-33(61)27-37(60)44(67)56-41(32(4)5)45(68)58-50(8,9)47(70)54-35(22-23-39(52)63)43(66)57-49(6,7)48(71)55-36(26-31(2)3)42(65)53-25-20-17-16-19-24-51/h31-38,41,61-62H,10-30,51H2,1-9H3,(H2,52,63)(H,53,65)(H,54,70)(H,55,71)(H,56,67)(H,57,66)(H,58,68)/t33-,34-,35-,36-,37-,38-,41-/m0/s1. The number of nitrogens with zero attached hydrogens (tertiary/aromatic N) is 2. The molecule has 2 rings (SSSR count). The van der Waals surface area contributed by atoms with Crippen molar-refractivity contribution in [2.45, 2.75) is 225 Å². The van der Waals surface area contributed by atoms with Crippen molar-refractivity contribution in [2.24, 2.45) is 23.3 Å². The molecule has 2 saturated heterocycles. The second kappa shape index (κ2) is 30.2. The van der Waals surface area contributed by atoms with E-state index in [1.807, 2.05) is 13.8 Å². The molecule has 0 aromatic carbocycles. The van der Waals surface area contributed by atoms with Crippen LogP contribution in [0.2, 0.25) is 0 Å². The normalized spacial score (nSPS) is 19.5. The summed E-state index contributed by atoms with van der Waals surface area (Å²) in [6.45, 7) is 15.6. The minimum atomic E-state index is -1.74. The number of primary amides is 1. The second-order valence-electron chi connectivity index (χ2n) is 21.4. The minimum absolute atomic E-state index is 0.0230.